The van der Waals surface area contributed by atoms with E-state index in [2.05, 4.69) is 32.9 Å². The molecule has 0 aromatic heterocycles. The molecule has 2 N–H and O–H groups in total. The minimum absolute atomic E-state index is 0.0387. The van der Waals surface area contributed by atoms with E-state index in [1.54, 1.807) is 0 Å². The van der Waals surface area contributed by atoms with E-state index in [4.69, 9.17) is 16.3 Å². The van der Waals surface area contributed by atoms with Crippen LogP contribution in [-0.4, -0.2) is 30.1 Å². The number of hydrogen-bond donors (Lipinski definition) is 1. The summed E-state index contributed by atoms with van der Waals surface area (Å²) in [5.41, 5.74) is 5.88. The molecule has 0 heterocycles. The molecule has 0 spiro atoms. The lowest BCUT2D eigenvalue weighted by Gasteiger charge is -2.40. The highest BCUT2D eigenvalue weighted by atomic mass is 15.2. The van der Waals surface area contributed by atoms with Gasteiger partial charge in [-0.2, -0.15) is 10.5 Å². The van der Waals surface area contributed by atoms with Crippen molar-refractivity contribution in [3.63, 3.8) is 0 Å². The second kappa shape index (κ2) is 5.70. The predicted octanol–water partition coefficient (Wildman–Crippen LogP) is 1.10. The van der Waals surface area contributed by atoms with E-state index in [1.807, 2.05) is 11.8 Å². The van der Waals surface area contributed by atoms with Gasteiger partial charge in [0.2, 0.25) is 0 Å². The quantitative estimate of drug-likeness (QED) is 0.702. The third kappa shape index (κ3) is 4.29. The average molecular weight is 208 g/mol. The molecule has 0 aromatic rings. The fraction of sp³-hybridized carbons (Fsp3) is 0.818. The Hall–Kier alpha value is -1.10. The molecule has 0 bridgehead atoms. The topological polar surface area (TPSA) is 76.8 Å². The molecule has 2 unspecified atom stereocenters. The molecule has 0 saturated carbocycles. The van der Waals surface area contributed by atoms with E-state index in [9.17, 15) is 0 Å². The third-order valence-electron chi connectivity index (χ3n) is 2.33. The molecule has 0 aliphatic heterocycles. The molecule has 2 atom stereocenters. The zero-order valence-corrected chi connectivity index (χ0v) is 9.99. The summed E-state index contributed by atoms with van der Waals surface area (Å²) in [5.74, 6) is 0. The maximum atomic E-state index is 8.72. The van der Waals surface area contributed by atoms with E-state index in [1.165, 1.54) is 0 Å². The average Bonchev–Trinajstić information content (AvgIpc) is 2.01. The van der Waals surface area contributed by atoms with Crippen molar-refractivity contribution in [1.82, 2.24) is 4.90 Å². The Morgan fingerprint density at radius 1 is 1.20 bits per heavy atom. The molecule has 15 heavy (non-hydrogen) atoms. The first-order valence-corrected chi connectivity index (χ1v) is 5.08. The van der Waals surface area contributed by atoms with E-state index >= 15 is 0 Å². The van der Waals surface area contributed by atoms with Crippen LogP contribution >= 0.6 is 0 Å². The second-order valence-corrected chi connectivity index (χ2v) is 4.89. The number of nitrogens with zero attached hydrogens (tertiary/aromatic N) is 3. The Morgan fingerprint density at radius 3 is 1.80 bits per heavy atom. The minimum Gasteiger partial charge on any atom is -0.327 e. The number of nitriles is 2. The lowest BCUT2D eigenvalue weighted by molar-refractivity contribution is 0.107. The Balaban J connectivity index is 4.87. The van der Waals surface area contributed by atoms with Gasteiger partial charge in [-0.25, -0.2) is 0 Å². The summed E-state index contributed by atoms with van der Waals surface area (Å²) in [6.45, 7) is 8.63. The van der Waals surface area contributed by atoms with Crippen molar-refractivity contribution in [1.29, 1.82) is 10.5 Å². The number of rotatable bonds is 4. The van der Waals surface area contributed by atoms with Gasteiger partial charge in [-0.3, -0.25) is 4.90 Å². The van der Waals surface area contributed by atoms with Crippen LogP contribution in [0.4, 0.5) is 0 Å². The summed E-state index contributed by atoms with van der Waals surface area (Å²) in [5, 5.41) is 17.4. The second-order valence-electron chi connectivity index (χ2n) is 4.89. The molecule has 0 aliphatic rings. The van der Waals surface area contributed by atoms with Crippen molar-refractivity contribution in [2.24, 2.45) is 11.1 Å². The molecule has 0 radical (unpaired) electrons. The van der Waals surface area contributed by atoms with E-state index in [0.29, 0.717) is 0 Å². The molecule has 84 valence electrons. The van der Waals surface area contributed by atoms with Crippen LogP contribution < -0.4 is 5.73 Å². The van der Waals surface area contributed by atoms with Crippen molar-refractivity contribution >= 4 is 0 Å². The van der Waals surface area contributed by atoms with Crippen LogP contribution in [0.1, 0.15) is 27.7 Å². The Kier molecular flexibility index (Phi) is 5.28. The lowest BCUT2D eigenvalue weighted by atomic mass is 9.82. The van der Waals surface area contributed by atoms with Gasteiger partial charge in [0.25, 0.3) is 0 Å². The monoisotopic (exact) mass is 208 g/mol. The van der Waals surface area contributed by atoms with Crippen molar-refractivity contribution in [3.05, 3.63) is 0 Å². The van der Waals surface area contributed by atoms with Crippen LogP contribution in [0.3, 0.4) is 0 Å². The fourth-order valence-corrected chi connectivity index (χ4v) is 2.10. The Bertz CT molecular complexity index is 248. The van der Waals surface area contributed by atoms with Crippen LogP contribution in [0.2, 0.25) is 0 Å². The molecular formula is C11H20N4. The SMILES string of the molecule is CC(N)C(N(CC#N)CC#N)C(C)(C)C. The van der Waals surface area contributed by atoms with Crippen LogP contribution in [-0.2, 0) is 0 Å². The summed E-state index contributed by atoms with van der Waals surface area (Å²) in [4.78, 5) is 1.84. The molecule has 0 aromatic carbocycles. The van der Waals surface area contributed by atoms with Gasteiger partial charge in [0, 0.05) is 12.1 Å². The zero-order valence-electron chi connectivity index (χ0n) is 9.99. The van der Waals surface area contributed by atoms with Crippen LogP contribution in [0, 0.1) is 28.1 Å². The van der Waals surface area contributed by atoms with E-state index < -0.39 is 0 Å². The lowest BCUT2D eigenvalue weighted by Crippen LogP contribution is -2.53. The van der Waals surface area contributed by atoms with Gasteiger partial charge in [0.15, 0.2) is 0 Å². The molecule has 0 amide bonds. The molecule has 0 rings (SSSR count). The van der Waals surface area contributed by atoms with Crippen molar-refractivity contribution in [2.45, 2.75) is 39.8 Å². The van der Waals surface area contributed by atoms with Gasteiger partial charge in [0.05, 0.1) is 25.2 Å². The van der Waals surface area contributed by atoms with Crippen molar-refractivity contribution in [2.75, 3.05) is 13.1 Å². The van der Waals surface area contributed by atoms with Crippen LogP contribution in [0.15, 0.2) is 0 Å². The molecule has 0 aliphatic carbocycles. The first-order chi connectivity index (χ1) is 6.84. The first-order valence-electron chi connectivity index (χ1n) is 5.08. The summed E-state index contributed by atoms with van der Waals surface area (Å²) >= 11 is 0. The summed E-state index contributed by atoms with van der Waals surface area (Å²) in [6, 6.07) is 4.13. The third-order valence-corrected chi connectivity index (χ3v) is 2.33. The van der Waals surface area contributed by atoms with Gasteiger partial charge in [0.1, 0.15) is 0 Å². The van der Waals surface area contributed by atoms with Gasteiger partial charge in [-0.1, -0.05) is 20.8 Å². The summed E-state index contributed by atoms with van der Waals surface area (Å²) < 4.78 is 0. The highest BCUT2D eigenvalue weighted by Crippen LogP contribution is 2.26. The van der Waals surface area contributed by atoms with Crippen molar-refractivity contribution < 1.29 is 0 Å². The van der Waals surface area contributed by atoms with Gasteiger partial charge in [-0.05, 0) is 12.3 Å². The highest BCUT2D eigenvalue weighted by Gasteiger charge is 2.32. The Morgan fingerprint density at radius 2 is 1.60 bits per heavy atom. The number of nitrogens with two attached hydrogens (primary N) is 1. The fourth-order valence-electron chi connectivity index (χ4n) is 2.10. The largest absolute Gasteiger partial charge is 0.327 e. The summed E-state index contributed by atoms with van der Waals surface area (Å²) in [7, 11) is 0. The summed E-state index contributed by atoms with van der Waals surface area (Å²) in [6.07, 6.45) is 0. The highest BCUT2D eigenvalue weighted by molar-refractivity contribution is 4.95. The molecular weight excluding hydrogens is 188 g/mol. The maximum Gasteiger partial charge on any atom is 0.0877 e. The zero-order chi connectivity index (χ0) is 12.1. The minimum atomic E-state index is -0.0632. The molecule has 0 fully saturated rings. The first kappa shape index (κ1) is 13.9. The molecule has 4 heteroatoms. The molecule has 4 nitrogen and oxygen atoms in total. The van der Waals surface area contributed by atoms with Crippen molar-refractivity contribution in [3.8, 4) is 12.1 Å². The van der Waals surface area contributed by atoms with Crippen LogP contribution in [0.5, 0.6) is 0 Å². The van der Waals surface area contributed by atoms with E-state index in [0.717, 1.165) is 0 Å². The smallest absolute Gasteiger partial charge is 0.0877 e. The normalized spacial score (nSPS) is 15.5. The Labute approximate surface area is 92.3 Å². The number of hydrogen-bond acceptors (Lipinski definition) is 4. The van der Waals surface area contributed by atoms with E-state index in [-0.39, 0.29) is 30.6 Å². The standard InChI is InChI=1S/C11H20N4/c1-9(14)10(11(2,3)4)15(7-5-12)8-6-13/h9-10H,7-8,14H2,1-4H3. The van der Waals surface area contributed by atoms with Gasteiger partial charge < -0.3 is 5.73 Å². The van der Waals surface area contributed by atoms with Crippen LogP contribution in [0.25, 0.3) is 0 Å². The molecule has 0 saturated heterocycles. The maximum absolute atomic E-state index is 8.72. The van der Waals surface area contributed by atoms with Gasteiger partial charge >= 0.3 is 0 Å². The van der Waals surface area contributed by atoms with Gasteiger partial charge in [-0.15, -0.1) is 0 Å². The predicted molar refractivity (Wildman–Crippen MR) is 59.7 cm³/mol.